The van der Waals surface area contributed by atoms with E-state index < -0.39 is 24.4 Å². The number of rotatable bonds is 6. The largest absolute Gasteiger partial charge is 0.481 e. The van der Waals surface area contributed by atoms with Gasteiger partial charge in [-0.15, -0.1) is 0 Å². The lowest BCUT2D eigenvalue weighted by Gasteiger charge is -2.16. The number of nitrogens with zero attached hydrogens (tertiary/aromatic N) is 2. The molecule has 2 amide bonds. The molecule has 1 fully saturated rings. The Bertz CT molecular complexity index is 954. The smallest absolute Gasteiger partial charge is 0.341 e. The fourth-order valence-electron chi connectivity index (χ4n) is 2.66. The van der Waals surface area contributed by atoms with Gasteiger partial charge in [0.1, 0.15) is 11.3 Å². The lowest BCUT2D eigenvalue weighted by molar-refractivity contribution is -0.139. The highest BCUT2D eigenvalue weighted by molar-refractivity contribution is 6.31. The fourth-order valence-corrected chi connectivity index (χ4v) is 2.66. The molecule has 1 saturated heterocycles. The lowest BCUT2D eigenvalue weighted by Crippen LogP contribution is -2.35. The number of para-hydroxylation sites is 1. The lowest BCUT2D eigenvalue weighted by atomic mass is 10.1. The van der Waals surface area contributed by atoms with E-state index in [0.29, 0.717) is 11.3 Å². The molecule has 2 aromatic rings. The van der Waals surface area contributed by atoms with Crippen LogP contribution in [0.2, 0.25) is 0 Å². The van der Waals surface area contributed by atoms with Gasteiger partial charge in [0.15, 0.2) is 6.61 Å². The van der Waals surface area contributed by atoms with E-state index in [4.69, 9.17) is 9.84 Å². The molecular formula is C20H19N3O5. The van der Waals surface area contributed by atoms with Crippen LogP contribution in [-0.4, -0.2) is 43.6 Å². The van der Waals surface area contributed by atoms with Gasteiger partial charge >= 0.3 is 5.97 Å². The van der Waals surface area contributed by atoms with Crippen molar-refractivity contribution in [3.8, 4) is 5.75 Å². The molecule has 1 aliphatic heterocycles. The van der Waals surface area contributed by atoms with E-state index in [-0.39, 0.29) is 11.3 Å². The van der Waals surface area contributed by atoms with Gasteiger partial charge in [0, 0.05) is 31.4 Å². The average Bonchev–Trinajstić information content (AvgIpc) is 2.95. The summed E-state index contributed by atoms with van der Waals surface area (Å²) in [6.07, 6.45) is 1.40. The summed E-state index contributed by atoms with van der Waals surface area (Å²) in [5.41, 5.74) is 4.21. The van der Waals surface area contributed by atoms with Gasteiger partial charge in [-0.05, 0) is 30.3 Å². The summed E-state index contributed by atoms with van der Waals surface area (Å²) in [5, 5.41) is 10.1. The van der Waals surface area contributed by atoms with Crippen molar-refractivity contribution in [1.82, 2.24) is 5.43 Å². The summed E-state index contributed by atoms with van der Waals surface area (Å²) in [6.45, 7) is -0.538. The van der Waals surface area contributed by atoms with E-state index in [2.05, 4.69) is 5.43 Å². The number of hydrogen-bond donors (Lipinski definition) is 2. The normalized spacial score (nSPS) is 14.9. The van der Waals surface area contributed by atoms with Crippen LogP contribution in [0.3, 0.4) is 0 Å². The van der Waals surface area contributed by atoms with E-state index in [1.54, 1.807) is 48.5 Å². The second kappa shape index (κ2) is 7.83. The van der Waals surface area contributed by atoms with Crippen molar-refractivity contribution in [1.29, 1.82) is 0 Å². The third kappa shape index (κ3) is 3.96. The molecule has 1 heterocycles. The molecule has 144 valence electrons. The number of hydrogen-bond acceptors (Lipinski definition) is 5. The minimum Gasteiger partial charge on any atom is -0.481 e. The average molecular weight is 381 g/mol. The second-order valence-corrected chi connectivity index (χ2v) is 6.27. The van der Waals surface area contributed by atoms with Crippen LogP contribution >= 0.6 is 0 Å². The van der Waals surface area contributed by atoms with Crippen LogP contribution in [0.25, 0.3) is 6.08 Å². The molecule has 0 radical (unpaired) electrons. The Hall–Kier alpha value is -3.81. The predicted octanol–water partition coefficient (Wildman–Crippen LogP) is 1.68. The van der Waals surface area contributed by atoms with Crippen LogP contribution in [0.5, 0.6) is 5.75 Å². The Kier molecular flexibility index (Phi) is 5.30. The molecule has 3 rings (SSSR count). The van der Waals surface area contributed by atoms with Crippen LogP contribution in [0.1, 0.15) is 5.56 Å². The first-order valence-electron chi connectivity index (χ1n) is 8.45. The van der Waals surface area contributed by atoms with Crippen molar-refractivity contribution < 1.29 is 24.2 Å². The van der Waals surface area contributed by atoms with Crippen LogP contribution in [0, 0.1) is 0 Å². The van der Waals surface area contributed by atoms with Gasteiger partial charge in [-0.25, -0.2) is 9.80 Å². The van der Waals surface area contributed by atoms with Crippen molar-refractivity contribution in [3.05, 3.63) is 59.7 Å². The molecule has 1 aliphatic rings. The number of hydrazine groups is 1. The number of benzene rings is 2. The quantitative estimate of drug-likeness (QED) is 0.583. The Morgan fingerprint density at radius 1 is 1.18 bits per heavy atom. The standard InChI is InChI=1S/C20H19N3O5/c1-22(2)15-9-8-13(17(11-15)28-12-18(24)25)10-16-19(26)21-23(20(16)27)14-6-4-3-5-7-14/h3-11H,12H2,1-2H3,(H,21,26)(H,24,25). The predicted molar refractivity (Wildman–Crippen MR) is 104 cm³/mol. The number of amides is 2. The van der Waals surface area contributed by atoms with Gasteiger partial charge in [0.05, 0.1) is 5.69 Å². The SMILES string of the molecule is CN(C)c1ccc(C=C2C(=O)NN(c3ccccc3)C2=O)c(OCC(=O)O)c1. The van der Waals surface area contributed by atoms with Gasteiger partial charge in [-0.1, -0.05) is 18.2 Å². The fraction of sp³-hybridized carbons (Fsp3) is 0.150. The number of carbonyl (C=O) groups excluding carboxylic acids is 2. The molecular weight excluding hydrogens is 362 g/mol. The molecule has 0 aliphatic carbocycles. The number of anilines is 2. The van der Waals surface area contributed by atoms with E-state index in [1.165, 1.54) is 11.1 Å². The Morgan fingerprint density at radius 2 is 1.89 bits per heavy atom. The van der Waals surface area contributed by atoms with E-state index in [0.717, 1.165) is 5.69 Å². The number of aliphatic carboxylic acids is 1. The topological polar surface area (TPSA) is 99.2 Å². The maximum Gasteiger partial charge on any atom is 0.341 e. The molecule has 0 unspecified atom stereocenters. The summed E-state index contributed by atoms with van der Waals surface area (Å²) in [5.74, 6) is -1.91. The summed E-state index contributed by atoms with van der Waals surface area (Å²) in [6, 6.07) is 13.8. The highest BCUT2D eigenvalue weighted by atomic mass is 16.5. The van der Waals surface area contributed by atoms with Gasteiger partial charge in [-0.3, -0.25) is 15.0 Å². The summed E-state index contributed by atoms with van der Waals surface area (Å²) in [4.78, 5) is 37.7. The molecule has 0 bridgehead atoms. The zero-order valence-electron chi connectivity index (χ0n) is 15.4. The zero-order chi connectivity index (χ0) is 20.3. The van der Waals surface area contributed by atoms with Gasteiger partial charge in [0.25, 0.3) is 11.8 Å². The maximum absolute atomic E-state index is 12.7. The molecule has 8 nitrogen and oxygen atoms in total. The van der Waals surface area contributed by atoms with Crippen LogP contribution in [-0.2, 0) is 14.4 Å². The second-order valence-electron chi connectivity index (χ2n) is 6.27. The summed E-state index contributed by atoms with van der Waals surface area (Å²) in [7, 11) is 3.67. The summed E-state index contributed by atoms with van der Waals surface area (Å²) < 4.78 is 5.35. The van der Waals surface area contributed by atoms with E-state index >= 15 is 0 Å². The molecule has 0 spiro atoms. The van der Waals surface area contributed by atoms with Crippen molar-refractivity contribution in [2.45, 2.75) is 0 Å². The molecule has 2 aromatic carbocycles. The van der Waals surface area contributed by atoms with Crippen molar-refractivity contribution in [2.75, 3.05) is 30.6 Å². The van der Waals surface area contributed by atoms with Crippen LogP contribution in [0.4, 0.5) is 11.4 Å². The minimum atomic E-state index is -1.13. The number of carboxylic acids is 1. The summed E-state index contributed by atoms with van der Waals surface area (Å²) >= 11 is 0. The van der Waals surface area contributed by atoms with Gasteiger partial charge < -0.3 is 14.7 Å². The molecule has 28 heavy (non-hydrogen) atoms. The molecule has 2 N–H and O–H groups in total. The third-order valence-electron chi connectivity index (χ3n) is 4.07. The first-order valence-corrected chi connectivity index (χ1v) is 8.45. The van der Waals surface area contributed by atoms with Crippen molar-refractivity contribution >= 4 is 35.2 Å². The molecule has 8 heteroatoms. The van der Waals surface area contributed by atoms with Gasteiger partial charge in [0.2, 0.25) is 0 Å². The molecule has 0 aromatic heterocycles. The Balaban J connectivity index is 1.96. The highest BCUT2D eigenvalue weighted by Gasteiger charge is 2.34. The minimum absolute atomic E-state index is 0.0679. The Morgan fingerprint density at radius 3 is 2.54 bits per heavy atom. The number of ether oxygens (including phenoxy) is 1. The van der Waals surface area contributed by atoms with E-state index in [1.807, 2.05) is 19.0 Å². The first-order chi connectivity index (χ1) is 13.4. The van der Waals surface area contributed by atoms with Crippen LogP contribution < -0.4 is 20.1 Å². The third-order valence-corrected chi connectivity index (χ3v) is 4.07. The molecule has 0 saturated carbocycles. The van der Waals surface area contributed by atoms with E-state index in [9.17, 15) is 14.4 Å². The first kappa shape index (κ1) is 19.0. The number of carboxylic acid groups (broad SMARTS) is 1. The monoisotopic (exact) mass is 381 g/mol. The van der Waals surface area contributed by atoms with Crippen molar-refractivity contribution in [3.63, 3.8) is 0 Å². The van der Waals surface area contributed by atoms with Crippen LogP contribution in [0.15, 0.2) is 54.1 Å². The Labute approximate surface area is 161 Å². The maximum atomic E-state index is 12.7. The number of nitrogens with one attached hydrogen (secondary N) is 1. The zero-order valence-corrected chi connectivity index (χ0v) is 15.4. The highest BCUT2D eigenvalue weighted by Crippen LogP contribution is 2.29. The molecule has 0 atom stereocenters. The van der Waals surface area contributed by atoms with Gasteiger partial charge in [-0.2, -0.15) is 0 Å². The number of carbonyl (C=O) groups is 3. The van der Waals surface area contributed by atoms with Crippen molar-refractivity contribution in [2.24, 2.45) is 0 Å².